The van der Waals surface area contributed by atoms with Gasteiger partial charge < -0.3 is 11.1 Å². The van der Waals surface area contributed by atoms with Gasteiger partial charge >= 0.3 is 0 Å². The molecule has 0 aromatic carbocycles. The highest BCUT2D eigenvalue weighted by Crippen LogP contribution is 2.14. The molecule has 0 bridgehead atoms. The third-order valence-electron chi connectivity index (χ3n) is 1.62. The van der Waals surface area contributed by atoms with E-state index in [4.69, 9.17) is 11.1 Å². The number of hydrogen-bond donors (Lipinski definition) is 2. The normalized spacial score (nSPS) is 17.4. The van der Waals surface area contributed by atoms with Crippen LogP contribution in [-0.2, 0) is 0 Å². The summed E-state index contributed by atoms with van der Waals surface area (Å²) in [5.74, 6) is 0. The van der Waals surface area contributed by atoms with Crippen LogP contribution in [0.15, 0.2) is 0 Å². The Morgan fingerprint density at radius 1 is 1.75 bits per heavy atom. The van der Waals surface area contributed by atoms with Crippen LogP contribution >= 0.6 is 0 Å². The molecule has 48 valence electrons. The first-order chi connectivity index (χ1) is 3.68. The van der Waals surface area contributed by atoms with E-state index in [1.807, 2.05) is 13.8 Å². The maximum Gasteiger partial charge on any atom is 0.0141 e. The maximum absolute atomic E-state index is 6.95. The topological polar surface area (TPSA) is 49.9 Å². The molecule has 3 N–H and O–H groups in total. The van der Waals surface area contributed by atoms with Gasteiger partial charge in [-0.3, -0.25) is 0 Å². The van der Waals surface area contributed by atoms with Crippen LogP contribution in [0.1, 0.15) is 20.3 Å². The molecule has 0 spiro atoms. The Hall–Kier alpha value is -0.370. The van der Waals surface area contributed by atoms with Gasteiger partial charge in [-0.05, 0) is 6.42 Å². The van der Waals surface area contributed by atoms with Crippen molar-refractivity contribution in [3.63, 3.8) is 0 Å². The largest absolute Gasteiger partial charge is 0.330 e. The lowest BCUT2D eigenvalue weighted by Gasteiger charge is -2.18. The molecule has 0 saturated carbocycles. The number of nitrogens with two attached hydrogens (primary N) is 1. The molecule has 0 amide bonds. The van der Waals surface area contributed by atoms with E-state index < -0.39 is 0 Å². The van der Waals surface area contributed by atoms with Crippen LogP contribution in [0.5, 0.6) is 0 Å². The molecule has 8 heavy (non-hydrogen) atoms. The van der Waals surface area contributed by atoms with Gasteiger partial charge in [-0.25, -0.2) is 0 Å². The predicted octanol–water partition coefficient (Wildman–Crippen LogP) is 1.01. The highest BCUT2D eigenvalue weighted by Gasteiger charge is 2.14. The van der Waals surface area contributed by atoms with E-state index in [0.717, 1.165) is 6.42 Å². The second-order valence-electron chi connectivity index (χ2n) is 2.36. The molecule has 0 aromatic heterocycles. The van der Waals surface area contributed by atoms with E-state index >= 15 is 0 Å². The molecular weight excluding hydrogens is 100 g/mol. The van der Waals surface area contributed by atoms with Gasteiger partial charge in [-0.1, -0.05) is 13.8 Å². The van der Waals surface area contributed by atoms with Crippen molar-refractivity contribution in [1.82, 2.24) is 0 Å². The van der Waals surface area contributed by atoms with Crippen LogP contribution in [0, 0.1) is 10.8 Å². The van der Waals surface area contributed by atoms with Crippen LogP contribution in [-0.4, -0.2) is 12.8 Å². The van der Waals surface area contributed by atoms with E-state index in [-0.39, 0.29) is 5.41 Å². The third-order valence-corrected chi connectivity index (χ3v) is 1.62. The van der Waals surface area contributed by atoms with Crippen molar-refractivity contribution in [3.05, 3.63) is 0 Å². The van der Waals surface area contributed by atoms with Crippen LogP contribution in [0.2, 0.25) is 0 Å². The van der Waals surface area contributed by atoms with Gasteiger partial charge in [0.05, 0.1) is 0 Å². The third kappa shape index (κ3) is 1.62. The van der Waals surface area contributed by atoms with E-state index in [9.17, 15) is 0 Å². The average Bonchev–Trinajstić information content (AvgIpc) is 1.87. The van der Waals surface area contributed by atoms with Gasteiger partial charge in [-0.15, -0.1) is 0 Å². The van der Waals surface area contributed by atoms with Gasteiger partial charge in [0, 0.05) is 18.2 Å². The molecule has 0 aliphatic rings. The smallest absolute Gasteiger partial charge is 0.0141 e. The zero-order chi connectivity index (χ0) is 6.62. The first-order valence-corrected chi connectivity index (χ1v) is 2.90. The van der Waals surface area contributed by atoms with Gasteiger partial charge in [0.15, 0.2) is 0 Å². The molecular formula is C6H14N2. The summed E-state index contributed by atoms with van der Waals surface area (Å²) in [5.41, 5.74) is 5.32. The fraction of sp³-hybridized carbons (Fsp3) is 0.833. The molecule has 2 heteroatoms. The Morgan fingerprint density at radius 2 is 2.25 bits per heavy atom. The number of hydrogen-bond acceptors (Lipinski definition) is 2. The van der Waals surface area contributed by atoms with Gasteiger partial charge in [0.2, 0.25) is 0 Å². The lowest BCUT2D eigenvalue weighted by Crippen LogP contribution is -2.27. The first kappa shape index (κ1) is 7.63. The minimum Gasteiger partial charge on any atom is -0.330 e. The lowest BCUT2D eigenvalue weighted by atomic mass is 9.90. The summed E-state index contributed by atoms with van der Waals surface area (Å²) in [7, 11) is 0. The summed E-state index contributed by atoms with van der Waals surface area (Å²) in [6.07, 6.45) is 2.38. The van der Waals surface area contributed by atoms with Crippen LogP contribution in [0.4, 0.5) is 0 Å². The number of nitrogens with one attached hydrogen (secondary N) is 1. The van der Waals surface area contributed by atoms with Gasteiger partial charge in [0.25, 0.3) is 0 Å². The van der Waals surface area contributed by atoms with Crippen molar-refractivity contribution < 1.29 is 0 Å². The lowest BCUT2D eigenvalue weighted by molar-refractivity contribution is 0.472. The minimum atomic E-state index is -0.0556. The molecule has 0 aliphatic carbocycles. The Kier molecular flexibility index (Phi) is 2.69. The fourth-order valence-corrected chi connectivity index (χ4v) is 0.305. The maximum atomic E-state index is 6.95. The molecule has 0 aromatic rings. The summed E-state index contributed by atoms with van der Waals surface area (Å²) in [5, 5.41) is 6.95. The molecule has 0 aliphatic heterocycles. The summed E-state index contributed by atoms with van der Waals surface area (Å²) in [4.78, 5) is 0. The summed E-state index contributed by atoms with van der Waals surface area (Å²) >= 11 is 0. The van der Waals surface area contributed by atoms with Gasteiger partial charge in [0.1, 0.15) is 0 Å². The Bertz CT molecular complexity index is 74.6. The highest BCUT2D eigenvalue weighted by atomic mass is 14.6. The molecule has 2 nitrogen and oxygen atoms in total. The second-order valence-corrected chi connectivity index (χ2v) is 2.36. The molecule has 1 unspecified atom stereocenters. The fourth-order valence-electron chi connectivity index (χ4n) is 0.305. The molecule has 0 saturated heterocycles. The van der Waals surface area contributed by atoms with Crippen molar-refractivity contribution >= 4 is 6.21 Å². The number of rotatable bonds is 3. The quantitative estimate of drug-likeness (QED) is 0.528. The van der Waals surface area contributed by atoms with Crippen molar-refractivity contribution in [2.24, 2.45) is 11.1 Å². The van der Waals surface area contributed by atoms with Crippen LogP contribution in [0.25, 0.3) is 0 Å². The van der Waals surface area contributed by atoms with Crippen LogP contribution in [0.3, 0.4) is 0 Å². The standard InChI is InChI=1S/C6H14N2/c1-3-6(2,4-7)5-8/h4,7H,3,5,8H2,1-2H3. The molecule has 0 heterocycles. The zero-order valence-corrected chi connectivity index (χ0v) is 5.57. The minimum absolute atomic E-state index is 0.0556. The predicted molar refractivity (Wildman–Crippen MR) is 36.2 cm³/mol. The Labute approximate surface area is 50.6 Å². The van der Waals surface area contributed by atoms with Crippen molar-refractivity contribution in [2.75, 3.05) is 6.54 Å². The van der Waals surface area contributed by atoms with E-state index in [0.29, 0.717) is 6.54 Å². The highest BCUT2D eigenvalue weighted by molar-refractivity contribution is 5.61. The summed E-state index contributed by atoms with van der Waals surface area (Å²) in [6.45, 7) is 4.60. The van der Waals surface area contributed by atoms with Gasteiger partial charge in [-0.2, -0.15) is 0 Å². The summed E-state index contributed by atoms with van der Waals surface area (Å²) in [6, 6.07) is 0. The monoisotopic (exact) mass is 114 g/mol. The van der Waals surface area contributed by atoms with Crippen molar-refractivity contribution in [1.29, 1.82) is 5.41 Å². The summed E-state index contributed by atoms with van der Waals surface area (Å²) < 4.78 is 0. The van der Waals surface area contributed by atoms with Crippen LogP contribution < -0.4 is 5.73 Å². The molecule has 0 radical (unpaired) electrons. The first-order valence-electron chi connectivity index (χ1n) is 2.90. The zero-order valence-electron chi connectivity index (χ0n) is 5.57. The van der Waals surface area contributed by atoms with Crippen molar-refractivity contribution in [2.45, 2.75) is 20.3 Å². The van der Waals surface area contributed by atoms with E-state index in [2.05, 4.69) is 0 Å². The van der Waals surface area contributed by atoms with E-state index in [1.54, 1.807) is 0 Å². The molecule has 0 fully saturated rings. The van der Waals surface area contributed by atoms with Crippen molar-refractivity contribution in [3.8, 4) is 0 Å². The molecule has 1 atom stereocenters. The second kappa shape index (κ2) is 2.82. The van der Waals surface area contributed by atoms with E-state index in [1.165, 1.54) is 6.21 Å². The molecule has 0 rings (SSSR count). The average molecular weight is 114 g/mol. The Morgan fingerprint density at radius 3 is 2.25 bits per heavy atom. The SMILES string of the molecule is CCC(C)(C=N)CN. The Balaban J connectivity index is 3.76.